The first-order valence-electron chi connectivity index (χ1n) is 7.15. The molecular weight excluding hydrogens is 319 g/mol. The fourth-order valence-corrected chi connectivity index (χ4v) is 13.1. The molecule has 1 aliphatic rings. The van der Waals surface area contributed by atoms with Crippen molar-refractivity contribution in [3.05, 3.63) is 12.7 Å². The number of hydrogen-bond acceptors (Lipinski definition) is 2. The minimum absolute atomic E-state index is 0.556. The average Bonchev–Trinajstić information content (AvgIpc) is 2.37. The van der Waals surface area contributed by atoms with Crippen LogP contribution in [0.15, 0.2) is 12.7 Å². The zero-order chi connectivity index (χ0) is 12.6. The van der Waals surface area contributed by atoms with Crippen LogP contribution in [0.2, 0.25) is 8.87 Å². The van der Waals surface area contributed by atoms with Gasteiger partial charge in [-0.05, 0) is 0 Å². The molecule has 100 valence electrons. The summed E-state index contributed by atoms with van der Waals surface area (Å²) >= 11 is -2.63. The van der Waals surface area contributed by atoms with Crippen LogP contribution in [0, 0.1) is 5.92 Å². The zero-order valence-corrected chi connectivity index (χ0v) is 14.4. The van der Waals surface area contributed by atoms with Crippen LogP contribution in [0.3, 0.4) is 0 Å². The normalized spacial score (nSPS) is 20.4. The van der Waals surface area contributed by atoms with Crippen LogP contribution in [0.4, 0.5) is 0 Å². The van der Waals surface area contributed by atoms with Gasteiger partial charge < -0.3 is 0 Å². The first kappa shape index (κ1) is 15.5. The monoisotopic (exact) mass is 348 g/mol. The van der Waals surface area contributed by atoms with Gasteiger partial charge in [-0.3, -0.25) is 0 Å². The fourth-order valence-electron chi connectivity index (χ4n) is 2.31. The van der Waals surface area contributed by atoms with Crippen LogP contribution >= 0.6 is 0 Å². The minimum atomic E-state index is -2.63. The summed E-state index contributed by atoms with van der Waals surface area (Å²) in [6.45, 7) is 10.2. The van der Waals surface area contributed by atoms with E-state index in [4.69, 9.17) is 6.15 Å². The van der Waals surface area contributed by atoms with Gasteiger partial charge in [0.15, 0.2) is 0 Å². The predicted molar refractivity (Wildman–Crippen MR) is 75.4 cm³/mol. The second kappa shape index (κ2) is 8.54. The topological polar surface area (TPSA) is 18.5 Å². The van der Waals surface area contributed by atoms with E-state index >= 15 is 0 Å². The molecule has 0 aromatic rings. The van der Waals surface area contributed by atoms with Crippen molar-refractivity contribution in [2.75, 3.05) is 13.2 Å². The second-order valence-corrected chi connectivity index (χ2v) is 14.8. The first-order chi connectivity index (χ1) is 8.26. The van der Waals surface area contributed by atoms with Gasteiger partial charge in [0.05, 0.1) is 0 Å². The molecule has 1 aliphatic heterocycles. The molecule has 0 aromatic heterocycles. The van der Waals surface area contributed by atoms with Gasteiger partial charge in [0, 0.05) is 0 Å². The van der Waals surface area contributed by atoms with E-state index in [0.717, 1.165) is 19.6 Å². The molecule has 1 heterocycles. The zero-order valence-electron chi connectivity index (χ0n) is 11.5. The molecule has 3 heteroatoms. The van der Waals surface area contributed by atoms with E-state index < -0.39 is 19.2 Å². The van der Waals surface area contributed by atoms with Gasteiger partial charge in [-0.25, -0.2) is 0 Å². The summed E-state index contributed by atoms with van der Waals surface area (Å²) in [5.41, 5.74) is 0. The van der Waals surface area contributed by atoms with Gasteiger partial charge in [-0.15, -0.1) is 0 Å². The molecule has 0 N–H and O–H groups in total. The van der Waals surface area contributed by atoms with Crippen LogP contribution in [0.25, 0.3) is 0 Å². The van der Waals surface area contributed by atoms with Gasteiger partial charge in [0.1, 0.15) is 0 Å². The van der Waals surface area contributed by atoms with E-state index in [1.165, 1.54) is 34.6 Å². The molecule has 1 rings (SSSR count). The van der Waals surface area contributed by atoms with Crippen molar-refractivity contribution in [2.45, 2.75) is 54.8 Å². The summed E-state index contributed by atoms with van der Waals surface area (Å²) in [7, 11) is 0. The second-order valence-electron chi connectivity index (χ2n) is 5.13. The summed E-state index contributed by atoms with van der Waals surface area (Å²) in [4.78, 5) is 0. The summed E-state index contributed by atoms with van der Waals surface area (Å²) in [6, 6.07) is 0. The third kappa shape index (κ3) is 5.31. The Labute approximate surface area is 112 Å². The number of allylic oxidation sites excluding steroid dienone is 1. The van der Waals surface area contributed by atoms with Gasteiger partial charge in [0.25, 0.3) is 0 Å². The summed E-state index contributed by atoms with van der Waals surface area (Å²) in [5, 5.41) is 0. The third-order valence-electron chi connectivity index (χ3n) is 3.49. The van der Waals surface area contributed by atoms with E-state index in [0.29, 0.717) is 5.92 Å². The molecule has 0 aromatic carbocycles. The predicted octanol–water partition coefficient (Wildman–Crippen LogP) is 4.27. The van der Waals surface area contributed by atoms with Gasteiger partial charge >= 0.3 is 112 Å². The van der Waals surface area contributed by atoms with Crippen LogP contribution in [-0.4, -0.2) is 32.4 Å². The van der Waals surface area contributed by atoms with Crippen molar-refractivity contribution < 1.29 is 6.15 Å². The van der Waals surface area contributed by atoms with E-state index in [1.807, 2.05) is 6.08 Å². The van der Waals surface area contributed by atoms with Crippen molar-refractivity contribution in [2.24, 2.45) is 5.92 Å². The number of rotatable bonds is 8. The van der Waals surface area contributed by atoms with Crippen molar-refractivity contribution in [3.63, 3.8) is 0 Å². The molecule has 0 radical (unpaired) electrons. The molecule has 2 nitrogen and oxygen atoms in total. The third-order valence-corrected chi connectivity index (χ3v) is 13.8. The SMILES string of the molecule is C=CCC1C[O][Sn]([CH2]CCC)([CH2]CCC)[O]C1. The Kier molecular flexibility index (Phi) is 7.80. The Hall–Kier alpha value is 0.459. The Morgan fingerprint density at radius 2 is 1.65 bits per heavy atom. The van der Waals surface area contributed by atoms with E-state index in [2.05, 4.69) is 20.4 Å². The Bertz CT molecular complexity index is 200. The Morgan fingerprint density at radius 1 is 1.12 bits per heavy atom. The number of unbranched alkanes of at least 4 members (excludes halogenated alkanes) is 2. The average molecular weight is 347 g/mol. The maximum absolute atomic E-state index is 6.27. The molecule has 1 saturated heterocycles. The van der Waals surface area contributed by atoms with Gasteiger partial charge in [0.2, 0.25) is 0 Å². The molecule has 0 atom stereocenters. The molecular formula is C14H28O2Sn. The summed E-state index contributed by atoms with van der Waals surface area (Å²) < 4.78 is 15.1. The molecule has 0 unspecified atom stereocenters. The van der Waals surface area contributed by atoms with Crippen molar-refractivity contribution >= 4 is 19.2 Å². The van der Waals surface area contributed by atoms with E-state index in [-0.39, 0.29) is 0 Å². The fraction of sp³-hybridized carbons (Fsp3) is 0.857. The number of hydrogen-bond donors (Lipinski definition) is 0. The van der Waals surface area contributed by atoms with E-state index in [1.54, 1.807) is 0 Å². The molecule has 0 saturated carbocycles. The first-order valence-corrected chi connectivity index (χ1v) is 13.5. The van der Waals surface area contributed by atoms with Crippen LogP contribution in [0.1, 0.15) is 46.0 Å². The van der Waals surface area contributed by atoms with Crippen LogP contribution in [-0.2, 0) is 6.15 Å². The molecule has 17 heavy (non-hydrogen) atoms. The Balaban J connectivity index is 2.45. The molecule has 0 spiro atoms. The molecule has 0 bridgehead atoms. The van der Waals surface area contributed by atoms with Gasteiger partial charge in [-0.2, -0.15) is 0 Å². The van der Waals surface area contributed by atoms with Crippen molar-refractivity contribution in [1.82, 2.24) is 0 Å². The van der Waals surface area contributed by atoms with Crippen LogP contribution in [0.5, 0.6) is 0 Å². The summed E-state index contributed by atoms with van der Waals surface area (Å²) in [6.07, 6.45) is 8.10. The molecule has 1 fully saturated rings. The molecule has 0 amide bonds. The van der Waals surface area contributed by atoms with E-state index in [9.17, 15) is 0 Å². The van der Waals surface area contributed by atoms with Crippen molar-refractivity contribution in [3.8, 4) is 0 Å². The Morgan fingerprint density at radius 3 is 2.06 bits per heavy atom. The quantitative estimate of drug-likeness (QED) is 0.482. The van der Waals surface area contributed by atoms with Crippen molar-refractivity contribution in [1.29, 1.82) is 0 Å². The summed E-state index contributed by atoms with van der Waals surface area (Å²) in [5.74, 6) is 0.556. The molecule has 0 aliphatic carbocycles. The van der Waals surface area contributed by atoms with Crippen LogP contribution < -0.4 is 0 Å². The maximum atomic E-state index is 6.27. The van der Waals surface area contributed by atoms with Gasteiger partial charge in [-0.1, -0.05) is 0 Å². The standard InChI is InChI=1S/C6H10O2.2C4H9.Sn/c1-2-3-6(4-7)5-8;2*1-3-4-2;/h2,6H,1,3-5H2;2*1,3-4H2,2H3;/q-2;;;+2.